The number of hydrogen-bond acceptors (Lipinski definition) is 2. The van der Waals surface area contributed by atoms with E-state index in [0.29, 0.717) is 6.08 Å². The quantitative estimate of drug-likeness (QED) is 0.339. The lowest BCUT2D eigenvalue weighted by atomic mass is 10.6. The molecule has 0 aromatic carbocycles. The van der Waals surface area contributed by atoms with Crippen LogP contribution in [0.15, 0.2) is 12.0 Å². The summed E-state index contributed by atoms with van der Waals surface area (Å²) in [7, 11) is 0. The number of hydrogen-bond donors (Lipinski definition) is 2. The van der Waals surface area contributed by atoms with Gasteiger partial charge < -0.3 is 11.5 Å². The first-order valence-corrected chi connectivity index (χ1v) is 1.55. The molecule has 0 unspecified atom stereocenters. The number of carbonyl (C=O) groups excluding carboxylic acids is 1. The Morgan fingerprint density at radius 2 is 2.00 bits per heavy atom. The van der Waals surface area contributed by atoms with E-state index >= 15 is 0 Å². The average Bonchev–Trinajstić information content (AvgIpc) is 1.27. The van der Waals surface area contributed by atoms with Crippen LogP contribution in [0.3, 0.4) is 0 Å². The topological polar surface area (TPSA) is 69.1 Å². The largest absolute Gasteiger partial charge is 0.375 e. The number of nitrogens with two attached hydrogens (primary N) is 2. The van der Waals surface area contributed by atoms with Crippen LogP contribution in [0, 0.1) is 0 Å². The summed E-state index contributed by atoms with van der Waals surface area (Å²) in [5.41, 5.74) is 8.84. The van der Waals surface area contributed by atoms with Crippen LogP contribution in [0.5, 0.6) is 0 Å². The van der Waals surface area contributed by atoms with Gasteiger partial charge in [-0.1, -0.05) is 0 Å². The Kier molecular flexibility index (Phi) is 1.84. The second-order valence-corrected chi connectivity index (χ2v) is 0.932. The molecule has 0 aromatic heterocycles. The summed E-state index contributed by atoms with van der Waals surface area (Å²) in [5, 5.41) is 0. The van der Waals surface area contributed by atoms with Crippen molar-refractivity contribution in [2.45, 2.75) is 0 Å². The fourth-order valence-corrected chi connectivity index (χ4v) is 0.136. The van der Waals surface area contributed by atoms with Crippen molar-refractivity contribution in [1.29, 1.82) is 0 Å². The molecule has 40 valence electrons. The molecule has 0 heterocycles. The fourth-order valence-electron chi connectivity index (χ4n) is 0.136. The molecule has 0 atom stereocenters. The third kappa shape index (κ3) is 4.94. The molecule has 0 spiro atoms. The molecule has 4 heteroatoms. The van der Waals surface area contributed by atoms with E-state index in [0.717, 1.165) is 0 Å². The predicted molar refractivity (Wildman–Crippen MR) is 22.6 cm³/mol. The van der Waals surface area contributed by atoms with Crippen LogP contribution in [-0.4, -0.2) is 5.91 Å². The summed E-state index contributed by atoms with van der Waals surface area (Å²) < 4.78 is 11.3. The highest BCUT2D eigenvalue weighted by atomic mass is 19.1. The molecule has 0 rings (SSSR count). The van der Waals surface area contributed by atoms with Crippen molar-refractivity contribution >= 4 is 5.91 Å². The normalized spacial score (nSPS) is 11.3. The molecular weight excluding hydrogens is 99.0 g/mol. The van der Waals surface area contributed by atoms with E-state index < -0.39 is 11.9 Å². The van der Waals surface area contributed by atoms with Crippen molar-refractivity contribution in [3.63, 3.8) is 0 Å². The molecule has 0 saturated heterocycles. The Bertz CT molecular complexity index is 106. The van der Waals surface area contributed by atoms with E-state index in [4.69, 9.17) is 0 Å². The summed E-state index contributed by atoms with van der Waals surface area (Å²) in [5.74, 6) is -1.94. The van der Waals surface area contributed by atoms with Gasteiger partial charge in [-0.2, -0.15) is 4.39 Å². The van der Waals surface area contributed by atoms with Gasteiger partial charge in [-0.15, -0.1) is 0 Å². The van der Waals surface area contributed by atoms with Gasteiger partial charge in [0.25, 0.3) is 0 Å². The molecule has 0 aromatic rings. The predicted octanol–water partition coefficient (Wildman–Crippen LogP) is -0.759. The molecular formula is C3H5FN2O. The van der Waals surface area contributed by atoms with Crippen LogP contribution in [0.4, 0.5) is 4.39 Å². The maximum atomic E-state index is 11.3. The second kappa shape index (κ2) is 2.17. The van der Waals surface area contributed by atoms with Gasteiger partial charge in [0, 0.05) is 0 Å². The van der Waals surface area contributed by atoms with Crippen molar-refractivity contribution in [1.82, 2.24) is 0 Å². The molecule has 7 heavy (non-hydrogen) atoms. The average molecular weight is 104 g/mol. The Hall–Kier alpha value is -1.06. The van der Waals surface area contributed by atoms with Gasteiger partial charge in [0.1, 0.15) is 0 Å². The van der Waals surface area contributed by atoms with E-state index in [1.165, 1.54) is 0 Å². The van der Waals surface area contributed by atoms with Crippen molar-refractivity contribution in [3.8, 4) is 0 Å². The van der Waals surface area contributed by atoms with Gasteiger partial charge in [-0.05, 0) is 0 Å². The lowest BCUT2D eigenvalue weighted by Gasteiger charge is -1.77. The van der Waals surface area contributed by atoms with Gasteiger partial charge in [0.05, 0.1) is 6.08 Å². The van der Waals surface area contributed by atoms with Crippen molar-refractivity contribution in [2.75, 3.05) is 0 Å². The molecule has 0 aliphatic heterocycles. The van der Waals surface area contributed by atoms with Crippen LogP contribution in [0.2, 0.25) is 0 Å². The minimum atomic E-state index is -1.06. The lowest BCUT2D eigenvalue weighted by molar-refractivity contribution is -0.113. The molecule has 4 N–H and O–H groups in total. The monoisotopic (exact) mass is 104 g/mol. The van der Waals surface area contributed by atoms with Crippen LogP contribution in [0.1, 0.15) is 0 Å². The van der Waals surface area contributed by atoms with Gasteiger partial charge in [0.15, 0.2) is 5.95 Å². The summed E-state index contributed by atoms with van der Waals surface area (Å²) in [6.07, 6.45) is 0.500. The van der Waals surface area contributed by atoms with Crippen molar-refractivity contribution in [2.24, 2.45) is 11.5 Å². The Morgan fingerprint density at radius 1 is 1.57 bits per heavy atom. The minimum Gasteiger partial charge on any atom is -0.375 e. The van der Waals surface area contributed by atoms with Gasteiger partial charge in [-0.25, -0.2) is 0 Å². The first-order valence-electron chi connectivity index (χ1n) is 1.55. The van der Waals surface area contributed by atoms with Crippen LogP contribution < -0.4 is 11.5 Å². The van der Waals surface area contributed by atoms with Gasteiger partial charge >= 0.3 is 0 Å². The van der Waals surface area contributed by atoms with Gasteiger partial charge in [0.2, 0.25) is 5.91 Å². The SMILES string of the molecule is NC(=O)/C=C(\N)F. The molecule has 0 aliphatic rings. The Morgan fingerprint density at radius 3 is 2.00 bits per heavy atom. The zero-order valence-electron chi connectivity index (χ0n) is 3.52. The number of amides is 1. The highest BCUT2D eigenvalue weighted by molar-refractivity contribution is 5.85. The Labute approximate surface area is 39.8 Å². The highest BCUT2D eigenvalue weighted by Crippen LogP contribution is 1.78. The van der Waals surface area contributed by atoms with E-state index in [9.17, 15) is 9.18 Å². The summed E-state index contributed by atoms with van der Waals surface area (Å²) in [6, 6.07) is 0. The van der Waals surface area contributed by atoms with Crippen molar-refractivity contribution in [3.05, 3.63) is 12.0 Å². The molecule has 0 fully saturated rings. The van der Waals surface area contributed by atoms with Crippen LogP contribution >= 0.6 is 0 Å². The first-order chi connectivity index (χ1) is 3.13. The third-order valence-corrected chi connectivity index (χ3v) is 0.280. The number of halogens is 1. The smallest absolute Gasteiger partial charge is 0.245 e. The van der Waals surface area contributed by atoms with E-state index in [1.807, 2.05) is 0 Å². The highest BCUT2D eigenvalue weighted by Gasteiger charge is 1.85. The number of primary amides is 1. The Balaban J connectivity index is 3.68. The number of carbonyl (C=O) groups is 1. The maximum Gasteiger partial charge on any atom is 0.245 e. The van der Waals surface area contributed by atoms with Crippen molar-refractivity contribution < 1.29 is 9.18 Å². The standard InChI is InChI=1S/C3H5FN2O/c4-2(5)1-3(6)7/h1H,5H2,(H2,6,7)/b2-1-. The van der Waals surface area contributed by atoms with Crippen LogP contribution in [-0.2, 0) is 4.79 Å². The fraction of sp³-hybridized carbons (Fsp3) is 0. The summed E-state index contributed by atoms with van der Waals surface area (Å²) in [4.78, 5) is 9.64. The van der Waals surface area contributed by atoms with E-state index in [2.05, 4.69) is 11.5 Å². The molecule has 3 nitrogen and oxygen atoms in total. The lowest BCUT2D eigenvalue weighted by Crippen LogP contribution is -2.08. The molecule has 0 saturated carbocycles. The van der Waals surface area contributed by atoms with E-state index in [-0.39, 0.29) is 0 Å². The molecule has 0 bridgehead atoms. The van der Waals surface area contributed by atoms with E-state index in [1.54, 1.807) is 0 Å². The second-order valence-electron chi connectivity index (χ2n) is 0.932. The number of rotatable bonds is 1. The minimum absolute atomic E-state index is 0.500. The van der Waals surface area contributed by atoms with Gasteiger partial charge in [-0.3, -0.25) is 4.79 Å². The molecule has 0 radical (unpaired) electrons. The summed E-state index contributed by atoms with van der Waals surface area (Å²) >= 11 is 0. The molecule has 1 amide bonds. The van der Waals surface area contributed by atoms with Crippen LogP contribution in [0.25, 0.3) is 0 Å². The maximum absolute atomic E-state index is 11.3. The zero-order chi connectivity index (χ0) is 5.86. The first kappa shape index (κ1) is 5.94. The molecule has 0 aliphatic carbocycles. The zero-order valence-corrected chi connectivity index (χ0v) is 3.52. The third-order valence-electron chi connectivity index (χ3n) is 0.280. The summed E-state index contributed by atoms with van der Waals surface area (Å²) in [6.45, 7) is 0.